The molecule has 1 nitrogen and oxygen atoms in total. The molecule has 0 saturated heterocycles. The van der Waals surface area contributed by atoms with Crippen LogP contribution in [0.1, 0.15) is 43.4 Å². The zero-order valence-corrected chi connectivity index (χ0v) is 13.4. The lowest BCUT2D eigenvalue weighted by Gasteiger charge is -2.24. The Kier molecular flexibility index (Phi) is 6.92. The van der Waals surface area contributed by atoms with Crippen molar-refractivity contribution in [2.45, 2.75) is 44.8 Å². The minimum absolute atomic E-state index is 0.168. The Morgan fingerprint density at radius 3 is 2.23 bits per heavy atom. The summed E-state index contributed by atoms with van der Waals surface area (Å²) in [6, 6.07) is 21.1. The fourth-order valence-electron chi connectivity index (χ4n) is 2.71. The highest BCUT2D eigenvalue weighted by atomic mass is 16.5. The van der Waals surface area contributed by atoms with Crippen molar-refractivity contribution in [3.8, 4) is 0 Å². The van der Waals surface area contributed by atoms with Crippen molar-refractivity contribution in [1.29, 1.82) is 0 Å². The molecule has 0 aliphatic rings. The second kappa shape index (κ2) is 9.22. The van der Waals surface area contributed by atoms with Crippen molar-refractivity contribution in [2.24, 2.45) is 0 Å². The highest BCUT2D eigenvalue weighted by Crippen LogP contribution is 2.25. The highest BCUT2D eigenvalue weighted by molar-refractivity contribution is 5.18. The lowest BCUT2D eigenvalue weighted by atomic mass is 10.0. The Labute approximate surface area is 134 Å². The third kappa shape index (κ3) is 5.16. The van der Waals surface area contributed by atoms with E-state index in [2.05, 4.69) is 68.1 Å². The van der Waals surface area contributed by atoms with Gasteiger partial charge in [-0.25, -0.2) is 0 Å². The quantitative estimate of drug-likeness (QED) is 0.536. The molecule has 0 fully saturated rings. The molecular formula is C21H26O. The van der Waals surface area contributed by atoms with E-state index in [1.54, 1.807) is 0 Å². The van der Waals surface area contributed by atoms with Gasteiger partial charge in [-0.1, -0.05) is 73.7 Å². The van der Waals surface area contributed by atoms with Gasteiger partial charge in [-0.3, -0.25) is 0 Å². The number of aryl methyl sites for hydroxylation is 1. The minimum atomic E-state index is 0.168. The summed E-state index contributed by atoms with van der Waals surface area (Å²) in [4.78, 5) is 0. The lowest BCUT2D eigenvalue weighted by molar-refractivity contribution is -0.0177. The van der Waals surface area contributed by atoms with E-state index in [0.717, 1.165) is 25.7 Å². The number of hydrogen-bond acceptors (Lipinski definition) is 1. The van der Waals surface area contributed by atoms with Gasteiger partial charge in [0.05, 0.1) is 12.2 Å². The summed E-state index contributed by atoms with van der Waals surface area (Å²) >= 11 is 0. The summed E-state index contributed by atoms with van der Waals surface area (Å²) in [6.45, 7) is 6.06. The molecule has 0 aliphatic heterocycles. The van der Waals surface area contributed by atoms with E-state index in [4.69, 9.17) is 4.74 Å². The van der Waals surface area contributed by atoms with Gasteiger partial charge in [0.25, 0.3) is 0 Å². The van der Waals surface area contributed by atoms with Crippen LogP contribution in [0.4, 0.5) is 0 Å². The first-order chi connectivity index (χ1) is 10.8. The molecule has 116 valence electrons. The summed E-state index contributed by atoms with van der Waals surface area (Å²) in [7, 11) is 0. The normalized spacial score (nSPS) is 13.5. The molecular weight excluding hydrogens is 268 g/mol. The van der Waals surface area contributed by atoms with Crippen molar-refractivity contribution < 1.29 is 4.74 Å². The number of rotatable bonds is 9. The van der Waals surface area contributed by atoms with Crippen LogP contribution in [0.3, 0.4) is 0 Å². The maximum absolute atomic E-state index is 6.38. The van der Waals surface area contributed by atoms with Crippen LogP contribution in [-0.4, -0.2) is 6.10 Å². The Morgan fingerprint density at radius 1 is 1.00 bits per heavy atom. The van der Waals surface area contributed by atoms with Crippen LogP contribution >= 0.6 is 0 Å². The highest BCUT2D eigenvalue weighted by Gasteiger charge is 2.16. The van der Waals surface area contributed by atoms with Gasteiger partial charge in [-0.05, 0) is 36.8 Å². The van der Waals surface area contributed by atoms with Gasteiger partial charge >= 0.3 is 0 Å². The Hall–Kier alpha value is -1.86. The predicted molar refractivity (Wildman–Crippen MR) is 93.9 cm³/mol. The maximum atomic E-state index is 6.38. The van der Waals surface area contributed by atoms with E-state index >= 15 is 0 Å². The van der Waals surface area contributed by atoms with Crippen molar-refractivity contribution in [1.82, 2.24) is 0 Å². The first kappa shape index (κ1) is 16.5. The van der Waals surface area contributed by atoms with Crippen LogP contribution in [0.15, 0.2) is 73.3 Å². The molecule has 0 aliphatic carbocycles. The summed E-state index contributed by atoms with van der Waals surface area (Å²) in [5.74, 6) is 0. The van der Waals surface area contributed by atoms with Crippen LogP contribution in [0.5, 0.6) is 0 Å². The van der Waals surface area contributed by atoms with Crippen LogP contribution in [0, 0.1) is 0 Å². The molecule has 0 radical (unpaired) electrons. The molecule has 2 aromatic carbocycles. The van der Waals surface area contributed by atoms with Gasteiger partial charge in [0.2, 0.25) is 0 Å². The fraction of sp³-hybridized carbons (Fsp3) is 0.333. The summed E-state index contributed by atoms with van der Waals surface area (Å²) in [5.41, 5.74) is 2.63. The summed E-state index contributed by atoms with van der Waals surface area (Å²) in [5, 5.41) is 0. The third-order valence-corrected chi connectivity index (χ3v) is 3.93. The molecule has 0 spiro atoms. The van der Waals surface area contributed by atoms with Crippen LogP contribution < -0.4 is 0 Å². The average molecular weight is 294 g/mol. The zero-order chi connectivity index (χ0) is 15.6. The molecule has 0 saturated carbocycles. The second-order valence-electron chi connectivity index (χ2n) is 5.61. The first-order valence-electron chi connectivity index (χ1n) is 8.18. The van der Waals surface area contributed by atoms with Crippen LogP contribution in [-0.2, 0) is 11.2 Å². The Morgan fingerprint density at radius 2 is 1.64 bits per heavy atom. The van der Waals surface area contributed by atoms with Gasteiger partial charge in [0, 0.05) is 0 Å². The largest absolute Gasteiger partial charge is 0.370 e. The summed E-state index contributed by atoms with van der Waals surface area (Å²) in [6.07, 6.45) is 6.32. The molecule has 2 atom stereocenters. The van der Waals surface area contributed by atoms with Crippen molar-refractivity contribution >= 4 is 0 Å². The standard InChI is InChI=1S/C21H26O/c1-3-11-20(17-16-18-12-7-5-8-13-18)22-21(4-2)19-14-9-6-10-15-19/h3,5-10,12-15,20-21H,1,4,11,16-17H2,2H3/t20-,21+/m0/s1. The number of benzene rings is 2. The molecule has 0 aromatic heterocycles. The fourth-order valence-corrected chi connectivity index (χ4v) is 2.71. The van der Waals surface area contributed by atoms with E-state index in [-0.39, 0.29) is 12.2 Å². The van der Waals surface area contributed by atoms with E-state index in [1.165, 1.54) is 11.1 Å². The first-order valence-corrected chi connectivity index (χ1v) is 8.18. The molecule has 2 rings (SSSR count). The van der Waals surface area contributed by atoms with Crippen LogP contribution in [0.25, 0.3) is 0 Å². The molecule has 2 aromatic rings. The second-order valence-corrected chi connectivity index (χ2v) is 5.61. The van der Waals surface area contributed by atoms with Crippen LogP contribution in [0.2, 0.25) is 0 Å². The topological polar surface area (TPSA) is 9.23 Å². The molecule has 0 unspecified atom stereocenters. The van der Waals surface area contributed by atoms with Gasteiger partial charge < -0.3 is 4.74 Å². The monoisotopic (exact) mass is 294 g/mol. The zero-order valence-electron chi connectivity index (χ0n) is 13.4. The minimum Gasteiger partial charge on any atom is -0.370 e. The molecule has 22 heavy (non-hydrogen) atoms. The van der Waals surface area contributed by atoms with Crippen molar-refractivity contribution in [3.63, 3.8) is 0 Å². The molecule has 0 amide bonds. The number of hydrogen-bond donors (Lipinski definition) is 0. The Balaban J connectivity index is 1.96. The molecule has 0 bridgehead atoms. The third-order valence-electron chi connectivity index (χ3n) is 3.93. The van der Waals surface area contributed by atoms with E-state index in [1.807, 2.05) is 12.1 Å². The SMILES string of the molecule is C=CC[C@@H](CCc1ccccc1)O[C@H](CC)c1ccccc1. The van der Waals surface area contributed by atoms with Crippen molar-refractivity contribution in [2.75, 3.05) is 0 Å². The van der Waals surface area contributed by atoms with E-state index < -0.39 is 0 Å². The van der Waals surface area contributed by atoms with Crippen molar-refractivity contribution in [3.05, 3.63) is 84.4 Å². The molecule has 1 heteroatoms. The molecule has 0 N–H and O–H groups in total. The average Bonchev–Trinajstić information content (AvgIpc) is 2.59. The van der Waals surface area contributed by atoms with Gasteiger partial charge in [0.1, 0.15) is 0 Å². The van der Waals surface area contributed by atoms with Gasteiger partial charge in [0.15, 0.2) is 0 Å². The Bertz CT molecular complexity index is 532. The molecule has 0 heterocycles. The van der Waals surface area contributed by atoms with Gasteiger partial charge in [-0.2, -0.15) is 0 Å². The van der Waals surface area contributed by atoms with E-state index in [0.29, 0.717) is 0 Å². The smallest absolute Gasteiger partial charge is 0.0826 e. The van der Waals surface area contributed by atoms with E-state index in [9.17, 15) is 0 Å². The van der Waals surface area contributed by atoms with Gasteiger partial charge in [-0.15, -0.1) is 6.58 Å². The maximum Gasteiger partial charge on any atom is 0.0826 e. The lowest BCUT2D eigenvalue weighted by Crippen LogP contribution is -2.17. The number of ether oxygens (including phenoxy) is 1. The summed E-state index contributed by atoms with van der Waals surface area (Å²) < 4.78 is 6.38. The predicted octanol–water partition coefficient (Wildman–Crippen LogP) is 5.73.